The first-order valence-electron chi connectivity index (χ1n) is 6.77. The molecule has 1 heteroatoms. The fourth-order valence-corrected chi connectivity index (χ4v) is 2.73. The van der Waals surface area contributed by atoms with Crippen LogP contribution in [0.2, 0.25) is 0 Å². The highest BCUT2D eigenvalue weighted by molar-refractivity contribution is 14.1. The van der Waals surface area contributed by atoms with Crippen molar-refractivity contribution in [2.75, 3.05) is 4.43 Å². The number of halogens is 1. The van der Waals surface area contributed by atoms with Gasteiger partial charge in [0.15, 0.2) is 0 Å². The minimum absolute atomic E-state index is 0.876. The van der Waals surface area contributed by atoms with E-state index in [4.69, 9.17) is 0 Å². The number of rotatable bonds is 9. The molecular weight excluding hydrogens is 307 g/mol. The van der Waals surface area contributed by atoms with E-state index in [1.807, 2.05) is 0 Å². The third-order valence-electron chi connectivity index (χ3n) is 3.17. The Hall–Kier alpha value is 0.470. The van der Waals surface area contributed by atoms with Crippen molar-refractivity contribution in [3.63, 3.8) is 0 Å². The maximum absolute atomic E-state index is 2.42. The predicted octanol–water partition coefficient (Wildman–Crippen LogP) is 6.00. The van der Waals surface area contributed by atoms with Crippen LogP contribution in [0.25, 0.3) is 0 Å². The Labute approximate surface area is 116 Å². The Morgan fingerprint density at radius 3 is 2.25 bits per heavy atom. The smallest absolute Gasteiger partial charge is 0.0178 e. The molecule has 0 spiro atoms. The van der Waals surface area contributed by atoms with Gasteiger partial charge >= 0.3 is 0 Å². The lowest BCUT2D eigenvalue weighted by Crippen LogP contribution is -1.97. The van der Waals surface area contributed by atoms with Crippen LogP contribution in [0, 0.1) is 11.8 Å². The Balaban J connectivity index is 3.43. The lowest BCUT2D eigenvalue weighted by atomic mass is 9.94. The summed E-state index contributed by atoms with van der Waals surface area (Å²) in [6, 6.07) is 0. The van der Waals surface area contributed by atoms with Gasteiger partial charge < -0.3 is 0 Å². The molecule has 0 aliphatic heterocycles. The second-order valence-electron chi connectivity index (χ2n) is 5.53. The molecule has 0 nitrogen and oxygen atoms in total. The average molecular weight is 336 g/mol. The van der Waals surface area contributed by atoms with E-state index in [1.54, 1.807) is 5.57 Å². The van der Waals surface area contributed by atoms with E-state index in [9.17, 15) is 0 Å². The van der Waals surface area contributed by atoms with Gasteiger partial charge in [0, 0.05) is 4.43 Å². The summed E-state index contributed by atoms with van der Waals surface area (Å²) < 4.78 is 1.16. The average Bonchev–Trinajstić information content (AvgIpc) is 2.17. The molecule has 0 aromatic carbocycles. The lowest BCUT2D eigenvalue weighted by Gasteiger charge is -2.12. The minimum Gasteiger partial charge on any atom is -0.0818 e. The van der Waals surface area contributed by atoms with Gasteiger partial charge in [-0.3, -0.25) is 0 Å². The van der Waals surface area contributed by atoms with Gasteiger partial charge in [-0.2, -0.15) is 0 Å². The lowest BCUT2D eigenvalue weighted by molar-refractivity contribution is 0.427. The molecule has 0 aliphatic carbocycles. The first kappa shape index (κ1) is 16.5. The standard InChI is InChI=1S/C15H29I/c1-13(2)7-5-8-14(3)9-6-10-15(4)11-12-16/h11,13-14H,5-10,12H2,1-4H3/b15-11+. The number of alkyl halides is 1. The van der Waals surface area contributed by atoms with E-state index in [0.717, 1.165) is 16.3 Å². The monoisotopic (exact) mass is 336 g/mol. The van der Waals surface area contributed by atoms with E-state index in [0.29, 0.717) is 0 Å². The van der Waals surface area contributed by atoms with Gasteiger partial charge in [-0.05, 0) is 31.6 Å². The summed E-state index contributed by atoms with van der Waals surface area (Å²) in [6.45, 7) is 9.32. The molecular formula is C15H29I. The molecule has 0 aromatic rings. The fraction of sp³-hybridized carbons (Fsp3) is 0.867. The van der Waals surface area contributed by atoms with Crippen LogP contribution in [0.5, 0.6) is 0 Å². The van der Waals surface area contributed by atoms with Gasteiger partial charge in [-0.1, -0.05) is 80.7 Å². The van der Waals surface area contributed by atoms with Crippen molar-refractivity contribution in [1.82, 2.24) is 0 Å². The van der Waals surface area contributed by atoms with Crippen LogP contribution in [0.15, 0.2) is 11.6 Å². The van der Waals surface area contributed by atoms with Gasteiger partial charge in [0.2, 0.25) is 0 Å². The van der Waals surface area contributed by atoms with Crippen molar-refractivity contribution in [2.45, 2.75) is 66.2 Å². The first-order valence-corrected chi connectivity index (χ1v) is 8.30. The third-order valence-corrected chi connectivity index (χ3v) is 3.61. The number of hydrogen-bond donors (Lipinski definition) is 0. The van der Waals surface area contributed by atoms with Crippen LogP contribution in [-0.2, 0) is 0 Å². The first-order chi connectivity index (χ1) is 7.56. The van der Waals surface area contributed by atoms with Crippen LogP contribution in [0.3, 0.4) is 0 Å². The molecule has 0 saturated heterocycles. The van der Waals surface area contributed by atoms with Gasteiger partial charge in [0.1, 0.15) is 0 Å². The molecule has 0 saturated carbocycles. The molecule has 0 fully saturated rings. The Bertz CT molecular complexity index is 182. The molecule has 1 atom stereocenters. The van der Waals surface area contributed by atoms with E-state index in [-0.39, 0.29) is 0 Å². The summed E-state index contributed by atoms with van der Waals surface area (Å²) in [5, 5.41) is 0. The number of hydrogen-bond acceptors (Lipinski definition) is 0. The van der Waals surface area contributed by atoms with Gasteiger partial charge in [-0.25, -0.2) is 0 Å². The summed E-state index contributed by atoms with van der Waals surface area (Å²) in [4.78, 5) is 0. The molecule has 96 valence electrons. The Morgan fingerprint density at radius 2 is 1.69 bits per heavy atom. The highest BCUT2D eigenvalue weighted by Gasteiger charge is 2.03. The van der Waals surface area contributed by atoms with Crippen molar-refractivity contribution in [1.29, 1.82) is 0 Å². The van der Waals surface area contributed by atoms with Crippen LogP contribution in [0.1, 0.15) is 66.2 Å². The number of allylic oxidation sites excluding steroid dienone is 2. The van der Waals surface area contributed by atoms with Gasteiger partial charge in [0.25, 0.3) is 0 Å². The minimum atomic E-state index is 0.876. The van der Waals surface area contributed by atoms with Crippen molar-refractivity contribution < 1.29 is 0 Å². The maximum atomic E-state index is 2.42. The Morgan fingerprint density at radius 1 is 1.06 bits per heavy atom. The summed E-state index contributed by atoms with van der Waals surface area (Å²) in [5.41, 5.74) is 1.57. The molecule has 0 radical (unpaired) electrons. The Kier molecular flexibility index (Phi) is 10.9. The van der Waals surface area contributed by atoms with Crippen molar-refractivity contribution in [2.24, 2.45) is 11.8 Å². The zero-order chi connectivity index (χ0) is 12.4. The highest BCUT2D eigenvalue weighted by atomic mass is 127. The highest BCUT2D eigenvalue weighted by Crippen LogP contribution is 2.18. The molecule has 0 amide bonds. The van der Waals surface area contributed by atoms with Crippen LogP contribution in [0.4, 0.5) is 0 Å². The normalized spacial score (nSPS) is 14.5. The molecule has 0 heterocycles. The second-order valence-corrected chi connectivity index (χ2v) is 6.41. The van der Waals surface area contributed by atoms with Gasteiger partial charge in [-0.15, -0.1) is 0 Å². The SMILES string of the molecule is C/C(=C\CI)CCCC(C)CCCC(C)C. The topological polar surface area (TPSA) is 0 Å². The summed E-state index contributed by atoms with van der Waals surface area (Å²) in [7, 11) is 0. The molecule has 1 unspecified atom stereocenters. The van der Waals surface area contributed by atoms with Gasteiger partial charge in [0.05, 0.1) is 0 Å². The van der Waals surface area contributed by atoms with E-state index in [2.05, 4.69) is 56.4 Å². The fourth-order valence-electron chi connectivity index (χ4n) is 1.98. The molecule has 0 bridgehead atoms. The van der Waals surface area contributed by atoms with Crippen molar-refractivity contribution in [3.8, 4) is 0 Å². The van der Waals surface area contributed by atoms with E-state index in [1.165, 1.54) is 38.5 Å². The van der Waals surface area contributed by atoms with Crippen LogP contribution in [-0.4, -0.2) is 4.43 Å². The van der Waals surface area contributed by atoms with E-state index >= 15 is 0 Å². The largest absolute Gasteiger partial charge is 0.0818 e. The second kappa shape index (κ2) is 10.6. The summed E-state index contributed by atoms with van der Waals surface area (Å²) in [5.74, 6) is 1.80. The predicted molar refractivity (Wildman–Crippen MR) is 84.3 cm³/mol. The molecule has 16 heavy (non-hydrogen) atoms. The van der Waals surface area contributed by atoms with Crippen molar-refractivity contribution >= 4 is 22.6 Å². The van der Waals surface area contributed by atoms with E-state index < -0.39 is 0 Å². The quantitative estimate of drug-likeness (QED) is 0.275. The molecule has 0 N–H and O–H groups in total. The van der Waals surface area contributed by atoms with Crippen molar-refractivity contribution in [3.05, 3.63) is 11.6 Å². The van der Waals surface area contributed by atoms with Crippen LogP contribution >= 0.6 is 22.6 Å². The summed E-state index contributed by atoms with van der Waals surface area (Å²) >= 11 is 2.42. The van der Waals surface area contributed by atoms with Crippen LogP contribution < -0.4 is 0 Å². The maximum Gasteiger partial charge on any atom is 0.0178 e. The molecule has 0 aromatic heterocycles. The third kappa shape index (κ3) is 11.0. The zero-order valence-corrected chi connectivity index (χ0v) is 13.7. The summed E-state index contributed by atoms with van der Waals surface area (Å²) in [6.07, 6.45) is 10.7. The molecule has 0 aliphatic rings. The molecule has 0 rings (SSSR count). The zero-order valence-electron chi connectivity index (χ0n) is 11.6.